The number of fused-ring (bicyclic) bond motifs is 1. The van der Waals surface area contributed by atoms with Crippen molar-refractivity contribution >= 4 is 29.0 Å². The first-order valence-corrected chi connectivity index (χ1v) is 9.89. The molecule has 0 bridgehead atoms. The summed E-state index contributed by atoms with van der Waals surface area (Å²) in [5.74, 6) is -0.660. The highest BCUT2D eigenvalue weighted by atomic mass is 16.6. The lowest BCUT2D eigenvalue weighted by Crippen LogP contribution is -2.33. The van der Waals surface area contributed by atoms with Gasteiger partial charge in [0, 0.05) is 47.6 Å². The third kappa shape index (κ3) is 3.46. The van der Waals surface area contributed by atoms with Gasteiger partial charge in [0.2, 0.25) is 0 Å². The van der Waals surface area contributed by atoms with Crippen LogP contribution in [0.25, 0.3) is 6.08 Å². The number of allylic oxidation sites excluding steroid dienone is 1. The molecule has 0 unspecified atom stereocenters. The van der Waals surface area contributed by atoms with Crippen LogP contribution in [0, 0.1) is 10.1 Å². The Kier molecular flexibility index (Phi) is 5.01. The van der Waals surface area contributed by atoms with Gasteiger partial charge in [0.15, 0.2) is 11.6 Å². The van der Waals surface area contributed by atoms with Crippen LogP contribution in [0.5, 0.6) is 0 Å². The molecule has 1 saturated carbocycles. The molecule has 6 nitrogen and oxygen atoms in total. The largest absolute Gasteiger partial charge is 0.371 e. The molecule has 0 saturated heterocycles. The molecular formula is C23H22N2O4. The molecule has 0 atom stereocenters. The lowest BCUT2D eigenvalue weighted by atomic mass is 9.93. The fourth-order valence-corrected chi connectivity index (χ4v) is 4.32. The molecule has 0 aromatic heterocycles. The van der Waals surface area contributed by atoms with E-state index in [0.29, 0.717) is 22.7 Å². The van der Waals surface area contributed by atoms with E-state index in [2.05, 4.69) is 4.90 Å². The van der Waals surface area contributed by atoms with Crippen LogP contribution in [0.4, 0.5) is 11.4 Å². The number of nitro groups is 1. The number of hydrogen-bond acceptors (Lipinski definition) is 5. The van der Waals surface area contributed by atoms with Crippen molar-refractivity contribution in [3.05, 3.63) is 74.8 Å². The summed E-state index contributed by atoms with van der Waals surface area (Å²) in [6.07, 6.45) is 7.18. The van der Waals surface area contributed by atoms with Crippen LogP contribution in [0.2, 0.25) is 0 Å². The van der Waals surface area contributed by atoms with E-state index in [9.17, 15) is 19.7 Å². The summed E-state index contributed by atoms with van der Waals surface area (Å²) in [6, 6.07) is 11.7. The number of anilines is 1. The fourth-order valence-electron chi connectivity index (χ4n) is 4.32. The minimum atomic E-state index is -0.459. The van der Waals surface area contributed by atoms with Gasteiger partial charge in [-0.15, -0.1) is 0 Å². The molecule has 2 aromatic carbocycles. The second-order valence-corrected chi connectivity index (χ2v) is 7.66. The monoisotopic (exact) mass is 390 g/mol. The normalized spacial score (nSPS) is 16.7. The molecule has 1 fully saturated rings. The lowest BCUT2D eigenvalue weighted by Gasteiger charge is -2.34. The predicted octanol–water partition coefficient (Wildman–Crippen LogP) is 4.83. The maximum absolute atomic E-state index is 12.8. The van der Waals surface area contributed by atoms with E-state index in [1.165, 1.54) is 24.6 Å². The Morgan fingerprint density at radius 1 is 1.00 bits per heavy atom. The highest BCUT2D eigenvalue weighted by Crippen LogP contribution is 2.34. The molecule has 0 amide bonds. The highest BCUT2D eigenvalue weighted by molar-refractivity contribution is 6.41. The summed E-state index contributed by atoms with van der Waals surface area (Å²) in [5, 5.41) is 11.3. The fraction of sp³-hybridized carbons (Fsp3) is 0.304. The zero-order valence-corrected chi connectivity index (χ0v) is 16.3. The average Bonchev–Trinajstić information content (AvgIpc) is 2.99. The predicted molar refractivity (Wildman–Crippen MR) is 111 cm³/mol. The van der Waals surface area contributed by atoms with Gasteiger partial charge in [-0.1, -0.05) is 43.5 Å². The van der Waals surface area contributed by atoms with Crippen molar-refractivity contribution in [1.29, 1.82) is 0 Å². The quantitative estimate of drug-likeness (QED) is 0.323. The second-order valence-electron chi connectivity index (χ2n) is 7.66. The second kappa shape index (κ2) is 7.62. The van der Waals surface area contributed by atoms with Gasteiger partial charge in [-0.3, -0.25) is 19.7 Å². The summed E-state index contributed by atoms with van der Waals surface area (Å²) in [5.41, 5.74) is 2.09. The standard InChI is InChI=1S/C23H22N2O4/c1-24(16-7-3-2-4-8-16)21-12-11-17(25(28)29)13-15(21)14-20-22(26)18-9-5-6-10-19(18)23(20)27/h5-6,9-14,16H,2-4,7-8H2,1H3. The first kappa shape index (κ1) is 19.1. The summed E-state index contributed by atoms with van der Waals surface area (Å²) < 4.78 is 0. The van der Waals surface area contributed by atoms with Gasteiger partial charge in [-0.05, 0) is 25.0 Å². The number of nitrogens with zero attached hydrogens (tertiary/aromatic N) is 2. The van der Waals surface area contributed by atoms with Gasteiger partial charge in [-0.2, -0.15) is 0 Å². The summed E-state index contributed by atoms with van der Waals surface area (Å²) >= 11 is 0. The first-order chi connectivity index (χ1) is 14.0. The smallest absolute Gasteiger partial charge is 0.270 e. The minimum absolute atomic E-state index is 0.0602. The molecule has 2 aliphatic rings. The number of carbonyl (C=O) groups excluding carboxylic acids is 2. The maximum Gasteiger partial charge on any atom is 0.270 e. The van der Waals surface area contributed by atoms with Crippen LogP contribution in [0.3, 0.4) is 0 Å². The van der Waals surface area contributed by atoms with Crippen LogP contribution in [-0.4, -0.2) is 29.6 Å². The molecule has 0 spiro atoms. The van der Waals surface area contributed by atoms with E-state index in [1.54, 1.807) is 30.3 Å². The van der Waals surface area contributed by atoms with E-state index in [-0.39, 0.29) is 22.8 Å². The number of rotatable bonds is 4. The molecule has 0 heterocycles. The van der Waals surface area contributed by atoms with Crippen molar-refractivity contribution in [2.45, 2.75) is 38.1 Å². The average molecular weight is 390 g/mol. The van der Waals surface area contributed by atoms with Crippen molar-refractivity contribution < 1.29 is 14.5 Å². The summed E-state index contributed by atoms with van der Waals surface area (Å²) in [7, 11) is 1.98. The van der Waals surface area contributed by atoms with Gasteiger partial charge < -0.3 is 4.90 Å². The number of benzene rings is 2. The number of ketones is 2. The lowest BCUT2D eigenvalue weighted by molar-refractivity contribution is -0.384. The van der Waals surface area contributed by atoms with Crippen molar-refractivity contribution in [3.63, 3.8) is 0 Å². The van der Waals surface area contributed by atoms with E-state index >= 15 is 0 Å². The number of Topliss-reactive ketones (excluding diaryl/α,β-unsaturated/α-hetero) is 2. The Balaban J connectivity index is 1.79. The van der Waals surface area contributed by atoms with Crippen LogP contribution >= 0.6 is 0 Å². The number of hydrogen-bond donors (Lipinski definition) is 0. The van der Waals surface area contributed by atoms with Gasteiger partial charge in [-0.25, -0.2) is 0 Å². The molecule has 29 heavy (non-hydrogen) atoms. The van der Waals surface area contributed by atoms with E-state index < -0.39 is 4.92 Å². The van der Waals surface area contributed by atoms with Gasteiger partial charge in [0.25, 0.3) is 5.69 Å². The SMILES string of the molecule is CN(c1ccc([N+](=O)[O-])cc1C=C1C(=O)c2ccccc2C1=O)C1CCCCC1. The Bertz CT molecular complexity index is 998. The van der Waals surface area contributed by atoms with Gasteiger partial charge >= 0.3 is 0 Å². The van der Waals surface area contributed by atoms with Crippen LogP contribution in [0.15, 0.2) is 48.0 Å². The summed E-state index contributed by atoms with van der Waals surface area (Å²) in [6.45, 7) is 0. The molecular weight excluding hydrogens is 368 g/mol. The zero-order chi connectivity index (χ0) is 20.5. The van der Waals surface area contributed by atoms with Gasteiger partial charge in [0.1, 0.15) is 0 Å². The third-order valence-corrected chi connectivity index (χ3v) is 5.93. The third-order valence-electron chi connectivity index (χ3n) is 5.93. The number of nitro benzene ring substituents is 1. The molecule has 0 aliphatic heterocycles. The van der Waals surface area contributed by atoms with Crippen LogP contribution in [-0.2, 0) is 0 Å². The van der Waals surface area contributed by atoms with Crippen molar-refractivity contribution in [2.24, 2.45) is 0 Å². The van der Waals surface area contributed by atoms with Crippen LogP contribution in [0.1, 0.15) is 58.4 Å². The van der Waals surface area contributed by atoms with Crippen molar-refractivity contribution in [3.8, 4) is 0 Å². The highest BCUT2D eigenvalue weighted by Gasteiger charge is 2.33. The Hall–Kier alpha value is -3.28. The molecule has 0 N–H and O–H groups in total. The van der Waals surface area contributed by atoms with E-state index in [1.807, 2.05) is 7.05 Å². The maximum atomic E-state index is 12.8. The Morgan fingerprint density at radius 2 is 1.62 bits per heavy atom. The van der Waals surface area contributed by atoms with Crippen molar-refractivity contribution in [1.82, 2.24) is 0 Å². The molecule has 2 aliphatic carbocycles. The van der Waals surface area contributed by atoms with Crippen LogP contribution < -0.4 is 4.90 Å². The van der Waals surface area contributed by atoms with E-state index in [4.69, 9.17) is 0 Å². The minimum Gasteiger partial charge on any atom is -0.371 e. The molecule has 148 valence electrons. The van der Waals surface area contributed by atoms with Gasteiger partial charge in [0.05, 0.1) is 10.5 Å². The van der Waals surface area contributed by atoms with Crippen molar-refractivity contribution in [2.75, 3.05) is 11.9 Å². The molecule has 4 rings (SSSR count). The Morgan fingerprint density at radius 3 is 2.21 bits per heavy atom. The number of non-ortho nitro benzene ring substituents is 1. The zero-order valence-electron chi connectivity index (χ0n) is 16.3. The molecule has 0 radical (unpaired) electrons. The van der Waals surface area contributed by atoms with E-state index in [0.717, 1.165) is 31.4 Å². The first-order valence-electron chi connectivity index (χ1n) is 9.89. The number of carbonyl (C=O) groups is 2. The topological polar surface area (TPSA) is 80.5 Å². The summed E-state index contributed by atoms with van der Waals surface area (Å²) in [4.78, 5) is 38.5. The molecule has 6 heteroatoms. The molecule has 2 aromatic rings. The Labute approximate surface area is 169 Å².